The third-order valence-corrected chi connectivity index (χ3v) is 6.24. The predicted octanol–water partition coefficient (Wildman–Crippen LogP) is 8.23. The standard InChI is InChI=1S/C25H24F4O/c1-2-16-3-5-17(6-4-16)20-10-12-23(24(26)15-20)21-8-7-19-14-22(30-25(27,28)29)11-9-18(19)13-21/h7-17H,2-6H2,1H3/t16-,17-. The van der Waals surface area contributed by atoms with Gasteiger partial charge in [0.05, 0.1) is 0 Å². The van der Waals surface area contributed by atoms with Crippen molar-refractivity contribution in [1.82, 2.24) is 0 Å². The van der Waals surface area contributed by atoms with Crippen LogP contribution in [0.3, 0.4) is 0 Å². The predicted molar refractivity (Wildman–Crippen MR) is 111 cm³/mol. The summed E-state index contributed by atoms with van der Waals surface area (Å²) in [6, 6.07) is 14.8. The Morgan fingerprint density at radius 1 is 0.867 bits per heavy atom. The fourth-order valence-electron chi connectivity index (χ4n) is 4.51. The van der Waals surface area contributed by atoms with Crippen molar-refractivity contribution in [1.29, 1.82) is 0 Å². The number of ether oxygens (including phenoxy) is 1. The second kappa shape index (κ2) is 8.29. The van der Waals surface area contributed by atoms with E-state index in [-0.39, 0.29) is 11.6 Å². The fraction of sp³-hybridized carbons (Fsp3) is 0.360. The Morgan fingerprint density at radius 3 is 2.23 bits per heavy atom. The van der Waals surface area contributed by atoms with Crippen LogP contribution in [0.4, 0.5) is 17.6 Å². The zero-order valence-electron chi connectivity index (χ0n) is 16.8. The van der Waals surface area contributed by atoms with Gasteiger partial charge in [-0.2, -0.15) is 0 Å². The molecule has 0 saturated heterocycles. The second-order valence-corrected chi connectivity index (χ2v) is 8.14. The van der Waals surface area contributed by atoms with Crippen LogP contribution in [0.15, 0.2) is 54.6 Å². The molecule has 0 heterocycles. The first-order chi connectivity index (χ1) is 14.3. The lowest BCUT2D eigenvalue weighted by Gasteiger charge is -2.28. The number of halogens is 4. The summed E-state index contributed by atoms with van der Waals surface area (Å²) in [5.41, 5.74) is 2.25. The Morgan fingerprint density at radius 2 is 1.57 bits per heavy atom. The van der Waals surface area contributed by atoms with Crippen LogP contribution in [0.2, 0.25) is 0 Å². The first-order valence-electron chi connectivity index (χ1n) is 10.4. The average molecular weight is 416 g/mol. The summed E-state index contributed by atoms with van der Waals surface area (Å²) >= 11 is 0. The minimum absolute atomic E-state index is 0.263. The lowest BCUT2D eigenvalue weighted by atomic mass is 9.77. The van der Waals surface area contributed by atoms with Crippen LogP contribution < -0.4 is 4.74 Å². The van der Waals surface area contributed by atoms with Crippen LogP contribution in [0.25, 0.3) is 21.9 Å². The van der Waals surface area contributed by atoms with E-state index in [9.17, 15) is 17.6 Å². The molecule has 1 aliphatic rings. The number of rotatable bonds is 4. The van der Waals surface area contributed by atoms with Gasteiger partial charge in [-0.05, 0) is 83.7 Å². The Balaban J connectivity index is 1.56. The molecule has 0 unspecified atom stereocenters. The van der Waals surface area contributed by atoms with Crippen molar-refractivity contribution in [2.75, 3.05) is 0 Å². The molecule has 3 aromatic carbocycles. The van der Waals surface area contributed by atoms with Crippen LogP contribution in [-0.4, -0.2) is 6.36 Å². The molecule has 0 radical (unpaired) electrons. The van der Waals surface area contributed by atoms with Crippen LogP contribution in [-0.2, 0) is 0 Å². The van der Waals surface area contributed by atoms with E-state index in [1.807, 2.05) is 12.1 Å². The Hall–Kier alpha value is -2.56. The molecule has 0 aliphatic heterocycles. The van der Waals surface area contributed by atoms with Crippen molar-refractivity contribution in [3.63, 3.8) is 0 Å². The third-order valence-electron chi connectivity index (χ3n) is 6.24. The minimum Gasteiger partial charge on any atom is -0.406 e. The lowest BCUT2D eigenvalue weighted by Crippen LogP contribution is -2.16. The van der Waals surface area contributed by atoms with Crippen LogP contribution >= 0.6 is 0 Å². The highest BCUT2D eigenvalue weighted by Gasteiger charge is 2.31. The molecule has 1 saturated carbocycles. The highest BCUT2D eigenvalue weighted by molar-refractivity contribution is 5.88. The van der Waals surface area contributed by atoms with Gasteiger partial charge in [0, 0.05) is 5.56 Å². The maximum Gasteiger partial charge on any atom is 0.573 e. The first kappa shape index (κ1) is 20.7. The summed E-state index contributed by atoms with van der Waals surface area (Å²) in [7, 11) is 0. The van der Waals surface area contributed by atoms with E-state index in [0.29, 0.717) is 22.4 Å². The molecule has 158 valence electrons. The zero-order chi connectivity index (χ0) is 21.3. The van der Waals surface area contributed by atoms with Gasteiger partial charge < -0.3 is 4.74 Å². The normalized spacial score (nSPS) is 19.8. The van der Waals surface area contributed by atoms with Gasteiger partial charge in [-0.15, -0.1) is 13.2 Å². The first-order valence-corrected chi connectivity index (χ1v) is 10.4. The topological polar surface area (TPSA) is 9.23 Å². The summed E-state index contributed by atoms with van der Waals surface area (Å²) in [5.74, 6) is 0.683. The van der Waals surface area contributed by atoms with E-state index >= 15 is 0 Å². The Bertz CT molecular complexity index is 1030. The maximum atomic E-state index is 14.9. The van der Waals surface area contributed by atoms with Gasteiger partial charge in [-0.1, -0.05) is 43.7 Å². The van der Waals surface area contributed by atoms with Gasteiger partial charge in [0.15, 0.2) is 0 Å². The molecule has 0 bridgehead atoms. The Kier molecular flexibility index (Phi) is 5.72. The number of hydrogen-bond acceptors (Lipinski definition) is 1. The van der Waals surface area contributed by atoms with E-state index in [1.54, 1.807) is 30.3 Å². The molecular formula is C25H24F4O. The molecule has 0 spiro atoms. The molecule has 0 atom stereocenters. The lowest BCUT2D eigenvalue weighted by molar-refractivity contribution is -0.274. The molecule has 1 nitrogen and oxygen atoms in total. The van der Waals surface area contributed by atoms with Crippen molar-refractivity contribution in [2.24, 2.45) is 5.92 Å². The fourth-order valence-corrected chi connectivity index (χ4v) is 4.51. The summed E-state index contributed by atoms with van der Waals surface area (Å²) in [5, 5.41) is 1.33. The minimum atomic E-state index is -4.73. The summed E-state index contributed by atoms with van der Waals surface area (Å²) in [4.78, 5) is 0. The van der Waals surface area contributed by atoms with Crippen LogP contribution in [0, 0.1) is 11.7 Å². The second-order valence-electron chi connectivity index (χ2n) is 8.14. The smallest absolute Gasteiger partial charge is 0.406 e. The van der Waals surface area contributed by atoms with Crippen LogP contribution in [0.5, 0.6) is 5.75 Å². The van der Waals surface area contributed by atoms with E-state index in [2.05, 4.69) is 11.7 Å². The molecular weight excluding hydrogens is 392 g/mol. The van der Waals surface area contributed by atoms with Gasteiger partial charge >= 0.3 is 6.36 Å². The van der Waals surface area contributed by atoms with E-state index in [4.69, 9.17) is 0 Å². The summed E-state index contributed by atoms with van der Waals surface area (Å²) in [6.45, 7) is 2.23. The number of alkyl halides is 3. The molecule has 0 amide bonds. The van der Waals surface area contributed by atoms with Gasteiger partial charge in [0.25, 0.3) is 0 Å². The molecule has 1 fully saturated rings. The van der Waals surface area contributed by atoms with Gasteiger partial charge in [0.1, 0.15) is 11.6 Å². The zero-order valence-corrected chi connectivity index (χ0v) is 16.8. The van der Waals surface area contributed by atoms with Gasteiger partial charge in [-0.25, -0.2) is 4.39 Å². The van der Waals surface area contributed by atoms with Crippen molar-refractivity contribution < 1.29 is 22.3 Å². The SMILES string of the molecule is CC[C@H]1CC[C@H](c2ccc(-c3ccc4cc(OC(F)(F)F)ccc4c3)c(F)c2)CC1. The number of fused-ring (bicyclic) bond motifs is 1. The summed E-state index contributed by atoms with van der Waals surface area (Å²) in [6.07, 6.45) is 1.11. The average Bonchev–Trinajstić information content (AvgIpc) is 2.72. The van der Waals surface area contributed by atoms with Crippen molar-refractivity contribution >= 4 is 10.8 Å². The van der Waals surface area contributed by atoms with E-state index in [0.717, 1.165) is 29.7 Å². The van der Waals surface area contributed by atoms with Crippen molar-refractivity contribution in [3.8, 4) is 16.9 Å². The van der Waals surface area contributed by atoms with Crippen molar-refractivity contribution in [2.45, 2.75) is 51.3 Å². The van der Waals surface area contributed by atoms with Crippen molar-refractivity contribution in [3.05, 3.63) is 66.0 Å². The molecule has 1 aliphatic carbocycles. The van der Waals surface area contributed by atoms with Crippen LogP contribution in [0.1, 0.15) is 50.5 Å². The molecule has 30 heavy (non-hydrogen) atoms. The highest BCUT2D eigenvalue weighted by atomic mass is 19.4. The summed E-state index contributed by atoms with van der Waals surface area (Å²) < 4.78 is 56.1. The molecule has 0 aromatic heterocycles. The maximum absolute atomic E-state index is 14.9. The molecule has 0 N–H and O–H groups in total. The van der Waals surface area contributed by atoms with E-state index in [1.165, 1.54) is 31.4 Å². The largest absolute Gasteiger partial charge is 0.573 e. The van der Waals surface area contributed by atoms with Gasteiger partial charge in [0.2, 0.25) is 0 Å². The number of hydrogen-bond donors (Lipinski definition) is 0. The highest BCUT2D eigenvalue weighted by Crippen LogP contribution is 2.38. The monoisotopic (exact) mass is 416 g/mol. The molecule has 4 rings (SSSR count). The third kappa shape index (κ3) is 4.61. The van der Waals surface area contributed by atoms with E-state index < -0.39 is 6.36 Å². The Labute approximate surface area is 173 Å². The van der Waals surface area contributed by atoms with Gasteiger partial charge in [-0.3, -0.25) is 0 Å². The molecule has 3 aromatic rings. The quantitative estimate of drug-likeness (QED) is 0.389. The number of benzene rings is 3. The molecule has 5 heteroatoms.